The minimum absolute atomic E-state index is 0.810. The third-order valence-corrected chi connectivity index (χ3v) is 4.23. The highest BCUT2D eigenvalue weighted by Gasteiger charge is 2.19. The molecule has 1 aromatic rings. The van der Waals surface area contributed by atoms with Gasteiger partial charge in [-0.2, -0.15) is 0 Å². The summed E-state index contributed by atoms with van der Waals surface area (Å²) in [5.41, 5.74) is 3.14. The van der Waals surface area contributed by atoms with Crippen molar-refractivity contribution in [1.82, 2.24) is 0 Å². The van der Waals surface area contributed by atoms with E-state index in [1.54, 1.807) is 5.56 Å². The van der Waals surface area contributed by atoms with Crippen LogP contribution in [0, 0.1) is 0 Å². The molecule has 1 aliphatic carbocycles. The molecule has 1 saturated carbocycles. The van der Waals surface area contributed by atoms with Crippen molar-refractivity contribution < 1.29 is 0 Å². The second kappa shape index (κ2) is 5.16. The molecule has 1 aliphatic rings. The van der Waals surface area contributed by atoms with Gasteiger partial charge in [0, 0.05) is 4.47 Å². The Morgan fingerprint density at radius 1 is 1.20 bits per heavy atom. The van der Waals surface area contributed by atoms with E-state index < -0.39 is 0 Å². The molecule has 0 radical (unpaired) electrons. The monoisotopic (exact) mass is 266 g/mol. The summed E-state index contributed by atoms with van der Waals surface area (Å²) in [6, 6.07) is 6.65. The fourth-order valence-corrected chi connectivity index (χ4v) is 3.47. The molecule has 0 spiro atoms. The lowest BCUT2D eigenvalue weighted by atomic mass is 9.82. The first-order valence-corrected chi connectivity index (χ1v) is 6.89. The van der Waals surface area contributed by atoms with Crippen LogP contribution in [0.1, 0.15) is 56.1 Å². The lowest BCUT2D eigenvalue weighted by Gasteiger charge is -2.25. The Morgan fingerprint density at radius 3 is 2.60 bits per heavy atom. The minimum atomic E-state index is 0.810. The number of hydrogen-bond acceptors (Lipinski definition) is 0. The van der Waals surface area contributed by atoms with Gasteiger partial charge in [0.1, 0.15) is 0 Å². The molecule has 0 aromatic heterocycles. The van der Waals surface area contributed by atoms with E-state index in [1.165, 1.54) is 42.1 Å². The normalized spacial score (nSPS) is 18.0. The van der Waals surface area contributed by atoms with Gasteiger partial charge in [0.2, 0.25) is 0 Å². The average Bonchev–Trinajstić information content (AvgIpc) is 2.29. The van der Waals surface area contributed by atoms with Crippen molar-refractivity contribution in [3.05, 3.63) is 33.8 Å². The molecule has 2 rings (SSSR count). The summed E-state index contributed by atoms with van der Waals surface area (Å²) < 4.78 is 1.33. The Labute approximate surface area is 101 Å². The molecule has 1 heteroatoms. The van der Waals surface area contributed by atoms with Crippen LogP contribution in [0.15, 0.2) is 22.7 Å². The van der Waals surface area contributed by atoms with Gasteiger partial charge in [-0.15, -0.1) is 0 Å². The maximum Gasteiger partial charge on any atom is 0.0212 e. The van der Waals surface area contributed by atoms with E-state index in [0.717, 1.165) is 12.3 Å². The Balaban J connectivity index is 2.31. The SMILES string of the molecule is CCc1cccc(Br)c1C1CCCCC1. The van der Waals surface area contributed by atoms with Crippen molar-refractivity contribution in [2.75, 3.05) is 0 Å². The summed E-state index contributed by atoms with van der Waals surface area (Å²) in [5, 5.41) is 0. The van der Waals surface area contributed by atoms with Gasteiger partial charge in [0.25, 0.3) is 0 Å². The molecule has 0 bridgehead atoms. The van der Waals surface area contributed by atoms with Crippen LogP contribution in [0.3, 0.4) is 0 Å². The van der Waals surface area contributed by atoms with Crippen LogP contribution >= 0.6 is 15.9 Å². The molecule has 0 nitrogen and oxygen atoms in total. The van der Waals surface area contributed by atoms with E-state index in [9.17, 15) is 0 Å². The molecule has 0 amide bonds. The van der Waals surface area contributed by atoms with Gasteiger partial charge >= 0.3 is 0 Å². The van der Waals surface area contributed by atoms with Gasteiger partial charge in [0.15, 0.2) is 0 Å². The zero-order chi connectivity index (χ0) is 10.7. The first-order valence-electron chi connectivity index (χ1n) is 6.10. The molecule has 0 unspecified atom stereocenters. The van der Waals surface area contributed by atoms with Crippen LogP contribution in [0.4, 0.5) is 0 Å². The van der Waals surface area contributed by atoms with Crippen LogP contribution in [0.5, 0.6) is 0 Å². The number of aryl methyl sites for hydroxylation is 1. The van der Waals surface area contributed by atoms with Crippen LogP contribution < -0.4 is 0 Å². The van der Waals surface area contributed by atoms with Crippen molar-refractivity contribution in [3.8, 4) is 0 Å². The fourth-order valence-electron chi connectivity index (χ4n) is 2.74. The second-order valence-corrected chi connectivity index (χ2v) is 5.36. The van der Waals surface area contributed by atoms with Gasteiger partial charge in [-0.1, -0.05) is 54.2 Å². The van der Waals surface area contributed by atoms with Crippen molar-refractivity contribution in [1.29, 1.82) is 0 Å². The molecular formula is C14H19Br. The van der Waals surface area contributed by atoms with Gasteiger partial charge in [-0.25, -0.2) is 0 Å². The lowest BCUT2D eigenvalue weighted by Crippen LogP contribution is -2.08. The third-order valence-electron chi connectivity index (χ3n) is 3.54. The predicted molar refractivity (Wildman–Crippen MR) is 69.3 cm³/mol. The highest BCUT2D eigenvalue weighted by molar-refractivity contribution is 9.10. The van der Waals surface area contributed by atoms with Crippen molar-refractivity contribution in [2.45, 2.75) is 51.4 Å². The highest BCUT2D eigenvalue weighted by atomic mass is 79.9. The molecule has 15 heavy (non-hydrogen) atoms. The number of hydrogen-bond donors (Lipinski definition) is 0. The molecule has 82 valence electrons. The minimum Gasteiger partial charge on any atom is -0.0613 e. The number of rotatable bonds is 2. The zero-order valence-electron chi connectivity index (χ0n) is 9.43. The highest BCUT2D eigenvalue weighted by Crippen LogP contribution is 2.38. The third kappa shape index (κ3) is 2.44. The Morgan fingerprint density at radius 2 is 1.93 bits per heavy atom. The van der Waals surface area contributed by atoms with E-state index >= 15 is 0 Å². The van der Waals surface area contributed by atoms with Crippen molar-refractivity contribution in [2.24, 2.45) is 0 Å². The Bertz CT molecular complexity index is 324. The molecule has 0 atom stereocenters. The summed E-state index contributed by atoms with van der Waals surface area (Å²) in [7, 11) is 0. The topological polar surface area (TPSA) is 0 Å². The molecule has 0 heterocycles. The summed E-state index contributed by atoms with van der Waals surface area (Å²) >= 11 is 3.72. The fraction of sp³-hybridized carbons (Fsp3) is 0.571. The maximum absolute atomic E-state index is 3.72. The number of halogens is 1. The molecule has 0 N–H and O–H groups in total. The van der Waals surface area contributed by atoms with E-state index in [4.69, 9.17) is 0 Å². The Kier molecular flexibility index (Phi) is 3.85. The van der Waals surface area contributed by atoms with Crippen molar-refractivity contribution >= 4 is 15.9 Å². The van der Waals surface area contributed by atoms with Gasteiger partial charge in [-0.3, -0.25) is 0 Å². The molecule has 0 aliphatic heterocycles. The largest absolute Gasteiger partial charge is 0.0613 e. The molecule has 1 fully saturated rings. The van der Waals surface area contributed by atoms with Crippen LogP contribution in [0.2, 0.25) is 0 Å². The molecule has 0 saturated heterocycles. The summed E-state index contributed by atoms with van der Waals surface area (Å²) in [6.45, 7) is 2.26. The van der Waals surface area contributed by atoms with Gasteiger partial charge in [0.05, 0.1) is 0 Å². The summed E-state index contributed by atoms with van der Waals surface area (Å²) in [4.78, 5) is 0. The maximum atomic E-state index is 3.72. The van der Waals surface area contributed by atoms with Gasteiger partial charge in [-0.05, 0) is 42.4 Å². The lowest BCUT2D eigenvalue weighted by molar-refractivity contribution is 0.440. The van der Waals surface area contributed by atoms with Gasteiger partial charge < -0.3 is 0 Å². The van der Waals surface area contributed by atoms with E-state index in [0.29, 0.717) is 0 Å². The van der Waals surface area contributed by atoms with E-state index in [1.807, 2.05) is 0 Å². The van der Waals surface area contributed by atoms with E-state index in [-0.39, 0.29) is 0 Å². The standard InChI is InChI=1S/C14H19Br/c1-2-11-9-6-10-13(15)14(11)12-7-4-3-5-8-12/h6,9-10,12H,2-5,7-8H2,1H3. The van der Waals surface area contributed by atoms with Crippen LogP contribution in [-0.2, 0) is 6.42 Å². The number of benzene rings is 1. The van der Waals surface area contributed by atoms with E-state index in [2.05, 4.69) is 41.1 Å². The first kappa shape index (κ1) is 11.2. The van der Waals surface area contributed by atoms with Crippen LogP contribution in [0.25, 0.3) is 0 Å². The summed E-state index contributed by atoms with van der Waals surface area (Å²) in [6.07, 6.45) is 8.18. The first-order chi connectivity index (χ1) is 7.33. The van der Waals surface area contributed by atoms with Crippen LogP contribution in [-0.4, -0.2) is 0 Å². The Hall–Kier alpha value is -0.300. The second-order valence-electron chi connectivity index (χ2n) is 4.50. The molecular weight excluding hydrogens is 248 g/mol. The smallest absolute Gasteiger partial charge is 0.0212 e. The predicted octanol–water partition coefficient (Wildman–Crippen LogP) is 5.06. The molecule has 1 aromatic carbocycles. The zero-order valence-corrected chi connectivity index (χ0v) is 11.0. The van der Waals surface area contributed by atoms with Crippen molar-refractivity contribution in [3.63, 3.8) is 0 Å². The quantitative estimate of drug-likeness (QED) is 0.702. The average molecular weight is 267 g/mol. The summed E-state index contributed by atoms with van der Waals surface area (Å²) in [5.74, 6) is 0.810.